The van der Waals surface area contributed by atoms with Crippen LogP contribution in [-0.4, -0.2) is 40.7 Å². The minimum atomic E-state index is -0.958. The van der Waals surface area contributed by atoms with Crippen molar-refractivity contribution in [2.75, 3.05) is 5.75 Å². The monoisotopic (exact) mass is 339 g/mol. The summed E-state index contributed by atoms with van der Waals surface area (Å²) in [6.07, 6.45) is 0.133. The Morgan fingerprint density at radius 3 is 2.39 bits per heavy atom. The van der Waals surface area contributed by atoms with Crippen LogP contribution in [0.2, 0.25) is 0 Å². The Kier molecular flexibility index (Phi) is 6.89. The van der Waals surface area contributed by atoms with E-state index in [-0.39, 0.29) is 23.8 Å². The summed E-state index contributed by atoms with van der Waals surface area (Å²) < 4.78 is 0. The Morgan fingerprint density at radius 1 is 1.26 bits per heavy atom. The largest absolute Gasteiger partial charge is 0.508 e. The quantitative estimate of drug-likeness (QED) is 0.436. The average molecular weight is 339 g/mol. The molecule has 1 rings (SSSR count). The number of carbonyl (C=O) groups is 3. The number of aromatic hydroxyl groups is 1. The predicted molar refractivity (Wildman–Crippen MR) is 89.1 cm³/mol. The molecule has 3 amide bonds. The number of primary amides is 1. The van der Waals surface area contributed by atoms with Crippen LogP contribution in [-0.2, 0) is 20.8 Å². The van der Waals surface area contributed by atoms with E-state index in [0.717, 1.165) is 0 Å². The Balaban J connectivity index is 2.82. The number of nitrogens with one attached hydrogen (secondary N) is 2. The van der Waals surface area contributed by atoms with Crippen LogP contribution in [0, 0.1) is 6.92 Å². The molecule has 0 radical (unpaired) electrons. The lowest BCUT2D eigenvalue weighted by Gasteiger charge is -2.20. The highest BCUT2D eigenvalue weighted by atomic mass is 32.1. The molecule has 0 heterocycles. The number of benzene rings is 1. The first-order valence-corrected chi connectivity index (χ1v) is 7.64. The number of aryl methyl sites for hydroxylation is 1. The Morgan fingerprint density at radius 2 is 1.91 bits per heavy atom. The topological polar surface area (TPSA) is 122 Å². The molecule has 8 heteroatoms. The SMILES string of the molecule is CC(=O)NC(CS)C(=O)NC(Cc1ccc(C)c(O)c1)C(N)=O. The summed E-state index contributed by atoms with van der Waals surface area (Å²) in [5.74, 6) is -1.45. The van der Waals surface area contributed by atoms with E-state index in [1.165, 1.54) is 13.0 Å². The molecule has 1 aromatic carbocycles. The van der Waals surface area contributed by atoms with Gasteiger partial charge in [-0.2, -0.15) is 12.6 Å². The Hall–Kier alpha value is -2.22. The first-order chi connectivity index (χ1) is 10.7. The summed E-state index contributed by atoms with van der Waals surface area (Å²) in [7, 11) is 0. The van der Waals surface area contributed by atoms with E-state index in [4.69, 9.17) is 5.73 Å². The number of carbonyl (C=O) groups excluding carboxylic acids is 3. The van der Waals surface area contributed by atoms with Gasteiger partial charge in [0.05, 0.1) is 0 Å². The average Bonchev–Trinajstić information content (AvgIpc) is 2.47. The van der Waals surface area contributed by atoms with Crippen molar-refractivity contribution in [3.05, 3.63) is 29.3 Å². The van der Waals surface area contributed by atoms with E-state index in [1.807, 2.05) is 0 Å². The number of hydrogen-bond acceptors (Lipinski definition) is 5. The van der Waals surface area contributed by atoms with Crippen molar-refractivity contribution in [2.24, 2.45) is 5.73 Å². The molecule has 0 fully saturated rings. The second-order valence-corrected chi connectivity index (χ2v) is 5.59. The summed E-state index contributed by atoms with van der Waals surface area (Å²) in [4.78, 5) is 34.7. The maximum Gasteiger partial charge on any atom is 0.244 e. The lowest BCUT2D eigenvalue weighted by molar-refractivity contribution is -0.130. The first kappa shape index (κ1) is 18.8. The molecule has 0 saturated carbocycles. The van der Waals surface area contributed by atoms with Crippen molar-refractivity contribution in [3.8, 4) is 5.75 Å². The molecular formula is C15H21N3O4S. The molecule has 0 aliphatic rings. The second kappa shape index (κ2) is 8.42. The van der Waals surface area contributed by atoms with Gasteiger partial charge in [0.2, 0.25) is 17.7 Å². The highest BCUT2D eigenvalue weighted by Crippen LogP contribution is 2.18. The fourth-order valence-corrected chi connectivity index (χ4v) is 2.21. The van der Waals surface area contributed by atoms with E-state index >= 15 is 0 Å². The van der Waals surface area contributed by atoms with E-state index in [0.29, 0.717) is 11.1 Å². The maximum atomic E-state index is 12.1. The maximum absolute atomic E-state index is 12.1. The first-order valence-electron chi connectivity index (χ1n) is 7.00. The fraction of sp³-hybridized carbons (Fsp3) is 0.400. The standard InChI is InChI=1S/C15H21N3O4S/c1-8-3-4-10(6-13(8)20)5-11(14(16)21)18-15(22)12(7-23)17-9(2)19/h3-4,6,11-12,20,23H,5,7H2,1-2H3,(H2,16,21)(H,17,19)(H,18,22). The zero-order valence-corrected chi connectivity index (χ0v) is 13.9. The molecule has 0 aliphatic carbocycles. The zero-order chi connectivity index (χ0) is 17.6. The zero-order valence-electron chi connectivity index (χ0n) is 13.0. The fourth-order valence-electron chi connectivity index (χ4n) is 1.95. The van der Waals surface area contributed by atoms with Gasteiger partial charge in [-0.3, -0.25) is 14.4 Å². The normalized spacial score (nSPS) is 13.0. The van der Waals surface area contributed by atoms with E-state index in [1.54, 1.807) is 19.1 Å². The third-order valence-corrected chi connectivity index (χ3v) is 3.62. The number of nitrogens with two attached hydrogens (primary N) is 1. The number of hydrogen-bond donors (Lipinski definition) is 5. The molecule has 0 saturated heterocycles. The Bertz CT molecular complexity index is 606. The molecule has 0 bridgehead atoms. The van der Waals surface area contributed by atoms with Gasteiger partial charge in [-0.25, -0.2) is 0 Å². The van der Waals surface area contributed by atoms with Crippen molar-refractivity contribution < 1.29 is 19.5 Å². The van der Waals surface area contributed by atoms with E-state index in [2.05, 4.69) is 23.3 Å². The second-order valence-electron chi connectivity index (χ2n) is 5.22. The number of thiol groups is 1. The van der Waals surface area contributed by atoms with Crippen molar-refractivity contribution in [2.45, 2.75) is 32.4 Å². The molecule has 0 aliphatic heterocycles. The molecule has 0 spiro atoms. The van der Waals surface area contributed by atoms with E-state index in [9.17, 15) is 19.5 Å². The van der Waals surface area contributed by atoms with Crippen LogP contribution < -0.4 is 16.4 Å². The van der Waals surface area contributed by atoms with Crippen LogP contribution in [0.15, 0.2) is 18.2 Å². The molecule has 7 nitrogen and oxygen atoms in total. The highest BCUT2D eigenvalue weighted by molar-refractivity contribution is 7.80. The number of amides is 3. The minimum Gasteiger partial charge on any atom is -0.508 e. The van der Waals surface area contributed by atoms with Gasteiger partial charge in [-0.05, 0) is 24.1 Å². The summed E-state index contributed by atoms with van der Waals surface area (Å²) in [5.41, 5.74) is 6.68. The summed E-state index contributed by atoms with van der Waals surface area (Å²) in [6, 6.07) is 3.14. The lowest BCUT2D eigenvalue weighted by atomic mass is 10.0. The highest BCUT2D eigenvalue weighted by Gasteiger charge is 2.24. The smallest absolute Gasteiger partial charge is 0.244 e. The van der Waals surface area contributed by atoms with Crippen molar-refractivity contribution >= 4 is 30.4 Å². The molecular weight excluding hydrogens is 318 g/mol. The van der Waals surface area contributed by atoms with Crippen LogP contribution in [0.4, 0.5) is 0 Å². The van der Waals surface area contributed by atoms with Crippen LogP contribution in [0.1, 0.15) is 18.1 Å². The van der Waals surface area contributed by atoms with Crippen LogP contribution in [0.5, 0.6) is 5.75 Å². The Labute approximate surface area is 140 Å². The van der Waals surface area contributed by atoms with Gasteiger partial charge in [-0.15, -0.1) is 0 Å². The number of rotatable bonds is 7. The van der Waals surface area contributed by atoms with Gasteiger partial charge in [0.25, 0.3) is 0 Å². The molecule has 23 heavy (non-hydrogen) atoms. The lowest BCUT2D eigenvalue weighted by Crippen LogP contribution is -2.54. The van der Waals surface area contributed by atoms with Gasteiger partial charge in [0.1, 0.15) is 17.8 Å². The molecule has 0 aromatic heterocycles. The van der Waals surface area contributed by atoms with Crippen molar-refractivity contribution in [3.63, 3.8) is 0 Å². The third-order valence-electron chi connectivity index (χ3n) is 3.25. The minimum absolute atomic E-state index is 0.0855. The van der Waals surface area contributed by atoms with Gasteiger partial charge < -0.3 is 21.5 Å². The number of phenols is 1. The third kappa shape index (κ3) is 5.82. The molecule has 2 unspecified atom stereocenters. The van der Waals surface area contributed by atoms with Gasteiger partial charge in [-0.1, -0.05) is 12.1 Å². The molecule has 2 atom stereocenters. The summed E-state index contributed by atoms with van der Waals surface area (Å²) in [6.45, 7) is 3.03. The molecule has 126 valence electrons. The van der Waals surface area contributed by atoms with Crippen LogP contribution in [0.25, 0.3) is 0 Å². The van der Waals surface area contributed by atoms with Gasteiger partial charge >= 0.3 is 0 Å². The van der Waals surface area contributed by atoms with Gasteiger partial charge in [0, 0.05) is 19.1 Å². The molecule has 1 aromatic rings. The predicted octanol–water partition coefficient (Wildman–Crippen LogP) is -0.352. The number of phenolic OH excluding ortho intramolecular Hbond substituents is 1. The summed E-state index contributed by atoms with van der Waals surface area (Å²) >= 11 is 4.00. The van der Waals surface area contributed by atoms with Crippen LogP contribution >= 0.6 is 12.6 Å². The molecule has 5 N–H and O–H groups in total. The van der Waals surface area contributed by atoms with Gasteiger partial charge in [0.15, 0.2) is 0 Å². The van der Waals surface area contributed by atoms with Crippen LogP contribution in [0.3, 0.4) is 0 Å². The van der Waals surface area contributed by atoms with E-state index < -0.39 is 23.9 Å². The van der Waals surface area contributed by atoms with Crippen molar-refractivity contribution in [1.82, 2.24) is 10.6 Å². The summed E-state index contributed by atoms with van der Waals surface area (Å²) in [5, 5.41) is 14.6. The van der Waals surface area contributed by atoms with Crippen molar-refractivity contribution in [1.29, 1.82) is 0 Å².